The average Bonchev–Trinajstić information content (AvgIpc) is 3.70. The molecule has 2 atom stereocenters. The van der Waals surface area contributed by atoms with Crippen LogP contribution in [0.3, 0.4) is 0 Å². The number of allylic oxidation sites excluding steroid dienone is 1. The Bertz CT molecular complexity index is 1480. The van der Waals surface area contributed by atoms with E-state index < -0.39 is 5.67 Å². The lowest BCUT2D eigenvalue weighted by molar-refractivity contribution is 0.0414. The molecule has 3 aliphatic rings. The number of amidine groups is 1. The van der Waals surface area contributed by atoms with Crippen molar-refractivity contribution in [3.63, 3.8) is 0 Å². The van der Waals surface area contributed by atoms with Crippen LogP contribution in [-0.4, -0.2) is 50.3 Å². The Kier molecular flexibility index (Phi) is 7.51. The van der Waals surface area contributed by atoms with Gasteiger partial charge in [-0.05, 0) is 76.0 Å². The highest BCUT2D eigenvalue weighted by molar-refractivity contribution is 6.06. The van der Waals surface area contributed by atoms with Gasteiger partial charge in [0.25, 0.3) is 0 Å². The molecule has 0 bridgehead atoms. The summed E-state index contributed by atoms with van der Waals surface area (Å²) in [4.78, 5) is 16.9. The zero-order chi connectivity index (χ0) is 28.6. The van der Waals surface area contributed by atoms with E-state index in [1.807, 2.05) is 41.2 Å². The Morgan fingerprint density at radius 2 is 1.98 bits per heavy atom. The minimum atomic E-state index is -1.12. The number of hydrogen-bond donors (Lipinski definition) is 0. The van der Waals surface area contributed by atoms with Gasteiger partial charge in [-0.3, -0.25) is 4.99 Å². The summed E-state index contributed by atoms with van der Waals surface area (Å²) < 4.78 is 16.5. The summed E-state index contributed by atoms with van der Waals surface area (Å²) >= 11 is 0. The Labute approximate surface area is 242 Å². The molecule has 6 rings (SSSR count). The molecule has 2 fully saturated rings. The molecule has 0 spiro atoms. The van der Waals surface area contributed by atoms with Crippen LogP contribution in [0.4, 0.5) is 10.2 Å². The number of fused-ring (bicyclic) bond motifs is 1. The lowest BCUT2D eigenvalue weighted by atomic mass is 9.71. The van der Waals surface area contributed by atoms with Gasteiger partial charge in [0.2, 0.25) is 0 Å². The van der Waals surface area contributed by atoms with E-state index in [1.165, 1.54) is 5.71 Å². The molecule has 0 amide bonds. The Morgan fingerprint density at radius 1 is 1.15 bits per heavy atom. The molecule has 216 valence electrons. The zero-order valence-corrected chi connectivity index (χ0v) is 24.7. The molecule has 0 N–H and O–H groups in total. The van der Waals surface area contributed by atoms with Gasteiger partial charge in [-0.1, -0.05) is 44.2 Å². The second-order valence-electron chi connectivity index (χ2n) is 12.7. The van der Waals surface area contributed by atoms with E-state index in [9.17, 15) is 4.39 Å². The molecule has 3 aromatic rings. The van der Waals surface area contributed by atoms with Crippen LogP contribution >= 0.6 is 0 Å². The summed E-state index contributed by atoms with van der Waals surface area (Å²) in [6.45, 7) is 12.3. The summed E-state index contributed by atoms with van der Waals surface area (Å²) in [6, 6.07) is 12.0. The van der Waals surface area contributed by atoms with Crippen LogP contribution in [-0.2, 0) is 0 Å². The van der Waals surface area contributed by atoms with E-state index in [4.69, 9.17) is 15.0 Å². The first-order valence-electron chi connectivity index (χ1n) is 15.3. The maximum atomic E-state index is 14.6. The molecule has 2 unspecified atom stereocenters. The molecule has 2 saturated carbocycles. The summed E-state index contributed by atoms with van der Waals surface area (Å²) in [7, 11) is 0. The summed E-state index contributed by atoms with van der Waals surface area (Å²) in [5, 5.41) is 8.76. The maximum absolute atomic E-state index is 14.6. The van der Waals surface area contributed by atoms with E-state index >= 15 is 0 Å². The molecule has 8 heteroatoms. The van der Waals surface area contributed by atoms with Gasteiger partial charge in [0, 0.05) is 48.0 Å². The van der Waals surface area contributed by atoms with Crippen LogP contribution in [0.25, 0.3) is 16.7 Å². The second-order valence-corrected chi connectivity index (χ2v) is 12.7. The topological polar surface area (TPSA) is 71.6 Å². The largest absolute Gasteiger partial charge is 0.330 e. The van der Waals surface area contributed by atoms with Crippen LogP contribution in [0.5, 0.6) is 0 Å². The van der Waals surface area contributed by atoms with Crippen molar-refractivity contribution < 1.29 is 4.39 Å². The number of aliphatic imine (C=N–C) groups is 2. The van der Waals surface area contributed by atoms with Gasteiger partial charge < -0.3 is 4.90 Å². The van der Waals surface area contributed by atoms with Gasteiger partial charge in [0.05, 0.1) is 17.7 Å². The van der Waals surface area contributed by atoms with Crippen molar-refractivity contribution in [1.82, 2.24) is 20.0 Å². The fourth-order valence-corrected chi connectivity index (χ4v) is 7.33. The first-order valence-corrected chi connectivity index (χ1v) is 15.3. The fraction of sp³-hybridized carbons (Fsp3) is 0.545. The summed E-state index contributed by atoms with van der Waals surface area (Å²) in [5.41, 5.74) is 3.96. The fourth-order valence-electron chi connectivity index (χ4n) is 7.33. The third-order valence-electron chi connectivity index (χ3n) is 9.41. The van der Waals surface area contributed by atoms with Crippen molar-refractivity contribution >= 4 is 28.4 Å². The van der Waals surface area contributed by atoms with E-state index in [1.54, 1.807) is 6.92 Å². The summed E-state index contributed by atoms with van der Waals surface area (Å²) in [6.07, 6.45) is 10.5. The molecule has 2 aromatic heterocycles. The van der Waals surface area contributed by atoms with Crippen molar-refractivity contribution in [2.24, 2.45) is 27.2 Å². The van der Waals surface area contributed by atoms with Crippen LogP contribution in [0.2, 0.25) is 0 Å². The molecule has 7 nitrogen and oxygen atoms in total. The third-order valence-corrected chi connectivity index (χ3v) is 9.41. The van der Waals surface area contributed by atoms with Gasteiger partial charge in [0.15, 0.2) is 0 Å². The Balaban J connectivity index is 1.28. The van der Waals surface area contributed by atoms with Crippen LogP contribution in [0, 0.1) is 17.3 Å². The smallest absolute Gasteiger partial charge is 0.134 e. The highest BCUT2D eigenvalue weighted by Crippen LogP contribution is 2.49. The highest BCUT2D eigenvalue weighted by atomic mass is 19.1. The van der Waals surface area contributed by atoms with Crippen LogP contribution in [0.1, 0.15) is 78.6 Å². The molecule has 1 aliphatic heterocycles. The number of nitrogens with zero attached hydrogens (tertiary/aromatic N) is 7. The number of anilines is 1. The molecule has 0 radical (unpaired) electrons. The lowest BCUT2D eigenvalue weighted by Crippen LogP contribution is -2.43. The van der Waals surface area contributed by atoms with Gasteiger partial charge in [-0.25, -0.2) is 19.0 Å². The van der Waals surface area contributed by atoms with Crippen molar-refractivity contribution in [2.45, 2.75) is 84.2 Å². The molecule has 0 saturated heterocycles. The average molecular weight is 556 g/mol. The zero-order valence-electron chi connectivity index (χ0n) is 24.7. The predicted molar refractivity (Wildman–Crippen MR) is 165 cm³/mol. The minimum absolute atomic E-state index is 0.119. The Hall–Kier alpha value is -3.42. The van der Waals surface area contributed by atoms with Gasteiger partial charge in [0.1, 0.15) is 22.8 Å². The quantitative estimate of drug-likeness (QED) is 0.245. The molecule has 41 heavy (non-hydrogen) atoms. The molecule has 3 heterocycles. The van der Waals surface area contributed by atoms with Crippen molar-refractivity contribution in [3.05, 3.63) is 54.9 Å². The third kappa shape index (κ3) is 5.45. The molecule has 2 aliphatic carbocycles. The first-order chi connectivity index (χ1) is 19.8. The first kappa shape index (κ1) is 27.7. The van der Waals surface area contributed by atoms with E-state index in [0.717, 1.165) is 92.1 Å². The van der Waals surface area contributed by atoms with Crippen LogP contribution < -0.4 is 4.90 Å². The Morgan fingerprint density at radius 3 is 2.76 bits per heavy atom. The SMILES string of the molecule is C=C(C1CC(C)(F)C1)N(CC1CCC(CCC)(C2=NC(CCC)=NC2)C1)c1cc(-n2nnc3ccccc32)ccn1. The molecule has 1 aromatic carbocycles. The van der Waals surface area contributed by atoms with E-state index in [0.29, 0.717) is 18.8 Å². The van der Waals surface area contributed by atoms with E-state index in [-0.39, 0.29) is 11.3 Å². The summed E-state index contributed by atoms with van der Waals surface area (Å²) in [5.74, 6) is 2.44. The number of aromatic nitrogens is 4. The van der Waals surface area contributed by atoms with Gasteiger partial charge >= 0.3 is 0 Å². The number of hydrogen-bond acceptors (Lipinski definition) is 6. The maximum Gasteiger partial charge on any atom is 0.134 e. The number of benzene rings is 1. The van der Waals surface area contributed by atoms with Crippen molar-refractivity contribution in [2.75, 3.05) is 18.0 Å². The minimum Gasteiger partial charge on any atom is -0.330 e. The second kappa shape index (κ2) is 11.1. The number of rotatable bonds is 11. The van der Waals surface area contributed by atoms with Crippen LogP contribution in [0.15, 0.2) is 64.9 Å². The number of pyridine rings is 1. The predicted octanol–water partition coefficient (Wildman–Crippen LogP) is 7.51. The lowest BCUT2D eigenvalue weighted by Gasteiger charge is -2.43. The van der Waals surface area contributed by atoms with Crippen molar-refractivity contribution in [3.8, 4) is 5.69 Å². The van der Waals surface area contributed by atoms with Gasteiger partial charge in [-0.2, -0.15) is 0 Å². The molecular formula is C33H42FN7. The van der Waals surface area contributed by atoms with Gasteiger partial charge in [-0.15, -0.1) is 5.10 Å². The number of para-hydroxylation sites is 1. The normalized spacial score (nSPS) is 27.5. The number of alkyl halides is 1. The van der Waals surface area contributed by atoms with Crippen molar-refractivity contribution in [1.29, 1.82) is 0 Å². The van der Waals surface area contributed by atoms with E-state index in [2.05, 4.69) is 41.7 Å². The molecular weight excluding hydrogens is 513 g/mol. The monoisotopic (exact) mass is 555 g/mol. The number of halogens is 1. The highest BCUT2D eigenvalue weighted by Gasteiger charge is 2.46. The standard InChI is InChI=1S/C33H42FN7/c1-5-9-30-36-21-29(37-30)33(14-6-2)15-12-24(18-33)22-40(23(3)25-19-32(4,34)20-25)31-17-26(13-16-35-31)41-28-11-8-7-10-27(28)38-39-41/h7-8,10-11,13,16-17,24-25H,3,5-6,9,12,14-15,18-22H2,1-2,4H3.